The van der Waals surface area contributed by atoms with E-state index in [2.05, 4.69) is 20.1 Å². The summed E-state index contributed by atoms with van der Waals surface area (Å²) in [4.78, 5) is 94.6. The lowest BCUT2D eigenvalue weighted by Gasteiger charge is -2.47. The smallest absolute Gasteiger partial charge is 0.290 e. The third-order valence-electron chi connectivity index (χ3n) is 12.1. The topological polar surface area (TPSA) is 216 Å². The van der Waals surface area contributed by atoms with Crippen LogP contribution in [0.5, 0.6) is 17.2 Å². The Morgan fingerprint density at radius 1 is 0.968 bits per heavy atom. The first-order chi connectivity index (χ1) is 30.4. The highest BCUT2D eigenvalue weighted by atomic mass is 16.5. The fourth-order valence-corrected chi connectivity index (χ4v) is 8.92. The van der Waals surface area contributed by atoms with Gasteiger partial charge < -0.3 is 28.6 Å². The van der Waals surface area contributed by atoms with Gasteiger partial charge in [0.1, 0.15) is 29.1 Å². The molecule has 0 bridgehead atoms. The lowest BCUT2D eigenvalue weighted by Crippen LogP contribution is -2.57. The van der Waals surface area contributed by atoms with Crippen molar-refractivity contribution in [1.82, 2.24) is 29.6 Å². The maximum absolute atomic E-state index is 13.4. The van der Waals surface area contributed by atoms with E-state index in [1.165, 1.54) is 6.07 Å². The average molecular weight is 867 g/mol. The van der Waals surface area contributed by atoms with Crippen LogP contribution < -0.4 is 25.1 Å². The van der Waals surface area contributed by atoms with E-state index in [0.29, 0.717) is 56.1 Å². The molecule has 6 heterocycles. The van der Waals surface area contributed by atoms with Gasteiger partial charge in [-0.1, -0.05) is 6.07 Å². The number of ketones is 1. The van der Waals surface area contributed by atoms with Gasteiger partial charge in [0.25, 0.3) is 23.8 Å². The van der Waals surface area contributed by atoms with Crippen LogP contribution in [0.2, 0.25) is 0 Å². The molecule has 4 aromatic rings. The minimum absolute atomic E-state index is 0.0349. The first kappa shape index (κ1) is 44.6. The van der Waals surface area contributed by atoms with E-state index in [1.54, 1.807) is 50.4 Å². The number of methoxy groups -OCH3 is 2. The molecule has 0 radical (unpaired) electrons. The summed E-state index contributed by atoms with van der Waals surface area (Å²) in [7, 11) is 5.02. The zero-order valence-electron chi connectivity index (χ0n) is 35.4. The fourth-order valence-electron chi connectivity index (χ4n) is 8.92. The van der Waals surface area contributed by atoms with Crippen LogP contribution >= 0.6 is 0 Å². The molecule has 0 saturated carbocycles. The number of nitrogens with one attached hydrogen (secondary N) is 1. The van der Waals surface area contributed by atoms with Gasteiger partial charge in [-0.15, -0.1) is 0 Å². The van der Waals surface area contributed by atoms with Gasteiger partial charge in [-0.3, -0.25) is 58.6 Å². The highest BCUT2D eigenvalue weighted by molar-refractivity contribution is 6.24. The van der Waals surface area contributed by atoms with E-state index in [0.717, 1.165) is 52.9 Å². The summed E-state index contributed by atoms with van der Waals surface area (Å²) in [6, 6.07) is 9.49. The van der Waals surface area contributed by atoms with Crippen molar-refractivity contribution in [2.75, 3.05) is 60.2 Å². The molecular weight excluding hydrogens is 817 g/mol. The number of carboxylic acid groups (broad SMARTS) is 1. The summed E-state index contributed by atoms with van der Waals surface area (Å²) in [6.45, 7) is 4.24. The zero-order valence-corrected chi connectivity index (χ0v) is 35.4. The van der Waals surface area contributed by atoms with E-state index in [9.17, 15) is 28.8 Å². The number of aryl methyl sites for hydroxylation is 1. The van der Waals surface area contributed by atoms with Gasteiger partial charge in [0.15, 0.2) is 0 Å². The number of aromatic nitrogens is 2. The highest BCUT2D eigenvalue weighted by Crippen LogP contribution is 2.39. The predicted octanol–water partition coefficient (Wildman–Crippen LogP) is 2.81. The Hall–Kier alpha value is -6.50. The molecule has 2 aromatic heterocycles. The van der Waals surface area contributed by atoms with Gasteiger partial charge in [0, 0.05) is 76.8 Å². The number of Topliss-reactive ketones (excluding diaryl/α,β-unsaturated/α-hetero) is 1. The Balaban J connectivity index is 0.00000193. The van der Waals surface area contributed by atoms with E-state index in [1.807, 2.05) is 24.4 Å². The standard InChI is InChI=1S/C44H48N6O10.CH2O2/c1-47-24-32(29-11-14-45-22-31(29)41(47)54)27-20-36(57-2)33(37(21-27)58-3)25-48-15-12-44(13-16-48)26-49(17-19-60-44)23-28(51)6-5-18-59-35-8-4-7-30-39(35)43(56)50(42(30)55)34-9-10-38(52)46-40(34)53;2-1-3/h4,7-8,11,14,20-22,24,34H,5-6,9-10,12-13,15-19,23,25-26H2,1-3H3,(H,46,52,53);1H,(H,2,3). The third kappa shape index (κ3) is 9.33. The molecule has 2 aromatic carbocycles. The van der Waals surface area contributed by atoms with Crippen LogP contribution in [-0.4, -0.2) is 137 Å². The van der Waals surface area contributed by atoms with Crippen molar-refractivity contribution in [2.45, 2.75) is 56.7 Å². The number of carbonyl (C=O) groups is 6. The van der Waals surface area contributed by atoms with Crippen molar-refractivity contribution >= 4 is 46.7 Å². The van der Waals surface area contributed by atoms with Crippen LogP contribution in [0.3, 0.4) is 0 Å². The van der Waals surface area contributed by atoms with Gasteiger partial charge in [-0.05, 0) is 67.0 Å². The number of hydrogen-bond acceptors (Lipinski definition) is 14. The summed E-state index contributed by atoms with van der Waals surface area (Å²) in [5.74, 6) is -0.669. The molecule has 1 spiro atoms. The largest absolute Gasteiger partial charge is 0.496 e. The number of piperidine rings is 2. The van der Waals surface area contributed by atoms with Crippen LogP contribution in [0.4, 0.5) is 0 Å². The number of imide groups is 2. The van der Waals surface area contributed by atoms with E-state index in [4.69, 9.17) is 28.8 Å². The molecule has 3 fully saturated rings. The van der Waals surface area contributed by atoms with Crippen molar-refractivity contribution in [3.05, 3.63) is 82.0 Å². The monoisotopic (exact) mass is 866 g/mol. The summed E-state index contributed by atoms with van der Waals surface area (Å²) in [6.07, 6.45) is 7.50. The molecule has 1 atom stereocenters. The Bertz CT molecular complexity index is 2470. The van der Waals surface area contributed by atoms with Crippen LogP contribution in [-0.2, 0) is 37.5 Å². The number of carbonyl (C=O) groups excluding carboxylic acids is 5. The number of morpholine rings is 1. The molecule has 8 rings (SSSR count). The number of hydrogen-bond donors (Lipinski definition) is 2. The molecule has 4 aliphatic heterocycles. The van der Waals surface area contributed by atoms with Gasteiger partial charge >= 0.3 is 0 Å². The molecule has 2 N–H and O–H groups in total. The Labute approximate surface area is 362 Å². The molecule has 4 amide bonds. The second-order valence-corrected chi connectivity index (χ2v) is 16.0. The average Bonchev–Trinajstić information content (AvgIpc) is 3.53. The predicted molar refractivity (Wildman–Crippen MR) is 227 cm³/mol. The second-order valence-electron chi connectivity index (χ2n) is 16.0. The summed E-state index contributed by atoms with van der Waals surface area (Å²) >= 11 is 0. The quantitative estimate of drug-likeness (QED) is 0.112. The third-order valence-corrected chi connectivity index (χ3v) is 12.1. The Morgan fingerprint density at radius 3 is 2.40 bits per heavy atom. The number of nitrogens with zero attached hydrogens (tertiary/aromatic N) is 5. The summed E-state index contributed by atoms with van der Waals surface area (Å²) in [5.41, 5.74) is 2.43. The maximum atomic E-state index is 13.4. The van der Waals surface area contributed by atoms with Crippen LogP contribution in [0, 0.1) is 0 Å². The van der Waals surface area contributed by atoms with E-state index < -0.39 is 29.7 Å². The van der Waals surface area contributed by atoms with Gasteiger partial charge in [-0.25, -0.2) is 0 Å². The van der Waals surface area contributed by atoms with E-state index in [-0.39, 0.29) is 66.2 Å². The SMILES string of the molecule is COc1cc(-c2cn(C)c(=O)c3cnccc23)cc(OC)c1CN1CCC2(CC1)CN(CC(=O)CCCOc1cccc3c1C(=O)N(C1CCC(=O)NC1=O)C3=O)CCO2.O=CO. The second kappa shape index (κ2) is 19.3. The number of amides is 4. The van der Waals surface area contributed by atoms with Gasteiger partial charge in [0.05, 0.1) is 61.7 Å². The number of benzene rings is 2. The maximum Gasteiger partial charge on any atom is 0.290 e. The van der Waals surface area contributed by atoms with Crippen molar-refractivity contribution < 1.29 is 52.8 Å². The minimum Gasteiger partial charge on any atom is -0.496 e. The molecule has 0 aliphatic carbocycles. The number of fused-ring (bicyclic) bond motifs is 2. The highest BCUT2D eigenvalue weighted by Gasteiger charge is 2.46. The Morgan fingerprint density at radius 2 is 1.70 bits per heavy atom. The molecule has 332 valence electrons. The molecule has 3 saturated heterocycles. The zero-order chi connectivity index (χ0) is 44.8. The molecule has 1 unspecified atom stereocenters. The molecule has 18 nitrogen and oxygen atoms in total. The minimum atomic E-state index is -1.06. The van der Waals surface area contributed by atoms with Gasteiger partial charge in [0.2, 0.25) is 11.8 Å². The lowest BCUT2D eigenvalue weighted by atomic mass is 9.88. The lowest BCUT2D eigenvalue weighted by molar-refractivity contribution is -0.143. The van der Waals surface area contributed by atoms with Gasteiger partial charge in [-0.2, -0.15) is 0 Å². The summed E-state index contributed by atoms with van der Waals surface area (Å²) < 4.78 is 25.8. The van der Waals surface area contributed by atoms with Crippen LogP contribution in [0.15, 0.2) is 59.8 Å². The van der Waals surface area contributed by atoms with Crippen LogP contribution in [0.25, 0.3) is 21.9 Å². The number of ether oxygens (including phenoxy) is 4. The number of rotatable bonds is 13. The first-order valence-corrected chi connectivity index (χ1v) is 20.7. The van der Waals surface area contributed by atoms with Crippen molar-refractivity contribution in [3.63, 3.8) is 0 Å². The van der Waals surface area contributed by atoms with Crippen molar-refractivity contribution in [3.8, 4) is 28.4 Å². The molecule has 18 heteroatoms. The van der Waals surface area contributed by atoms with Crippen molar-refractivity contribution in [2.24, 2.45) is 7.05 Å². The first-order valence-electron chi connectivity index (χ1n) is 20.7. The number of likely N-dealkylation sites (tertiary alicyclic amines) is 1. The number of pyridine rings is 2. The Kier molecular flexibility index (Phi) is 13.6. The van der Waals surface area contributed by atoms with E-state index >= 15 is 0 Å². The molecular formula is C45H50N6O12. The molecule has 63 heavy (non-hydrogen) atoms. The molecule has 4 aliphatic rings. The normalized spacial score (nSPS) is 18.7. The fraction of sp³-hybridized carbons (Fsp3) is 0.422. The summed E-state index contributed by atoms with van der Waals surface area (Å²) in [5, 5.41) is 10.4. The van der Waals surface area contributed by atoms with Crippen LogP contribution in [0.1, 0.15) is 64.8 Å². The van der Waals surface area contributed by atoms with Crippen molar-refractivity contribution in [1.29, 1.82) is 0 Å².